The van der Waals surface area contributed by atoms with Crippen LogP contribution in [0.5, 0.6) is 5.75 Å². The minimum absolute atomic E-state index is 0.116. The van der Waals surface area contributed by atoms with Crippen LogP contribution < -0.4 is 4.18 Å². The van der Waals surface area contributed by atoms with Crippen molar-refractivity contribution in [3.8, 4) is 5.75 Å². The Hall–Kier alpha value is -2.62. The number of hydrogen-bond acceptors (Lipinski definition) is 5. The van der Waals surface area contributed by atoms with E-state index in [1.165, 1.54) is 18.2 Å². The summed E-state index contributed by atoms with van der Waals surface area (Å²) >= 11 is 0. The van der Waals surface area contributed by atoms with Crippen LogP contribution in [0.3, 0.4) is 0 Å². The maximum absolute atomic E-state index is 13.3. The van der Waals surface area contributed by atoms with E-state index < -0.39 is 44.3 Å². The summed E-state index contributed by atoms with van der Waals surface area (Å²) in [6.45, 7) is 0. The average Bonchev–Trinajstić information content (AvgIpc) is 2.53. The number of carbonyl (C=O) groups is 1. The molecule has 0 fully saturated rings. The lowest BCUT2D eigenvalue weighted by Gasteiger charge is -2.12. The highest BCUT2D eigenvalue weighted by molar-refractivity contribution is 7.87. The molecule has 2 rings (SSSR count). The van der Waals surface area contributed by atoms with Crippen LogP contribution >= 0.6 is 0 Å². The lowest BCUT2D eigenvalue weighted by atomic mass is 10.2. The molecule has 0 spiro atoms. The first-order valence-electron chi connectivity index (χ1n) is 6.55. The molecule has 0 bridgehead atoms. The van der Waals surface area contributed by atoms with Gasteiger partial charge in [-0.05, 0) is 30.3 Å². The second kappa shape index (κ2) is 6.71. The molecule has 0 aliphatic rings. The molecule has 0 saturated heterocycles. The predicted octanol–water partition coefficient (Wildman–Crippen LogP) is 3.40. The lowest BCUT2D eigenvalue weighted by molar-refractivity contribution is -0.140. The molecule has 0 aliphatic heterocycles. The molecule has 134 valence electrons. The first-order valence-corrected chi connectivity index (χ1v) is 7.95. The molecule has 2 aromatic rings. The van der Waals surface area contributed by atoms with Crippen LogP contribution in [0.4, 0.5) is 17.6 Å². The van der Waals surface area contributed by atoms with Crippen molar-refractivity contribution < 1.29 is 39.7 Å². The molecule has 10 heteroatoms. The summed E-state index contributed by atoms with van der Waals surface area (Å²) in [6.07, 6.45) is -5.08. The SMILES string of the molecule is COC(=O)c1ccccc1OS(=O)(=O)c1ccc(F)c(C(F)(F)F)c1. The molecule has 0 unspecified atom stereocenters. The number of halogens is 4. The van der Waals surface area contributed by atoms with Crippen molar-refractivity contribution in [2.24, 2.45) is 0 Å². The highest BCUT2D eigenvalue weighted by Crippen LogP contribution is 2.33. The first kappa shape index (κ1) is 18.7. The zero-order valence-corrected chi connectivity index (χ0v) is 13.3. The summed E-state index contributed by atoms with van der Waals surface area (Å²) in [5.41, 5.74) is -2.00. The Morgan fingerprint density at radius 3 is 2.32 bits per heavy atom. The predicted molar refractivity (Wildman–Crippen MR) is 77.0 cm³/mol. The van der Waals surface area contributed by atoms with Gasteiger partial charge in [-0.1, -0.05) is 12.1 Å². The molecule has 2 aromatic carbocycles. The van der Waals surface area contributed by atoms with E-state index in [0.29, 0.717) is 12.1 Å². The number of benzene rings is 2. The number of alkyl halides is 3. The second-order valence-corrected chi connectivity index (χ2v) is 6.21. The Labute approximate surface area is 139 Å². The Morgan fingerprint density at radius 2 is 1.72 bits per heavy atom. The minimum atomic E-state index is -5.08. The highest BCUT2D eigenvalue weighted by Gasteiger charge is 2.35. The maximum Gasteiger partial charge on any atom is 0.419 e. The quantitative estimate of drug-likeness (QED) is 0.463. The zero-order valence-electron chi connectivity index (χ0n) is 12.5. The number of carbonyl (C=O) groups excluding carboxylic acids is 1. The van der Waals surface area contributed by atoms with Gasteiger partial charge in [0.2, 0.25) is 0 Å². The van der Waals surface area contributed by atoms with Crippen LogP contribution in [-0.2, 0) is 21.0 Å². The fourth-order valence-corrected chi connectivity index (χ4v) is 2.84. The Morgan fingerprint density at radius 1 is 1.08 bits per heavy atom. The first-order chi connectivity index (χ1) is 11.6. The molecule has 25 heavy (non-hydrogen) atoms. The van der Waals surface area contributed by atoms with Crippen molar-refractivity contribution in [2.45, 2.75) is 11.1 Å². The summed E-state index contributed by atoms with van der Waals surface area (Å²) in [5, 5.41) is 0. The number of esters is 1. The summed E-state index contributed by atoms with van der Waals surface area (Å²) in [5.74, 6) is -2.96. The van der Waals surface area contributed by atoms with Gasteiger partial charge in [-0.25, -0.2) is 9.18 Å². The van der Waals surface area contributed by atoms with Crippen LogP contribution in [-0.4, -0.2) is 21.5 Å². The van der Waals surface area contributed by atoms with E-state index in [1.54, 1.807) is 0 Å². The number of hydrogen-bond donors (Lipinski definition) is 0. The van der Waals surface area contributed by atoms with Gasteiger partial charge in [0.1, 0.15) is 16.3 Å². The van der Waals surface area contributed by atoms with E-state index in [9.17, 15) is 30.8 Å². The molecule has 0 N–H and O–H groups in total. The Bertz CT molecular complexity index is 906. The Kier molecular flexibility index (Phi) is 5.02. The van der Waals surface area contributed by atoms with Crippen LogP contribution in [0.25, 0.3) is 0 Å². The fourth-order valence-electron chi connectivity index (χ4n) is 1.86. The van der Waals surface area contributed by atoms with Crippen molar-refractivity contribution in [3.63, 3.8) is 0 Å². The van der Waals surface area contributed by atoms with Gasteiger partial charge < -0.3 is 8.92 Å². The van der Waals surface area contributed by atoms with E-state index in [0.717, 1.165) is 13.2 Å². The van der Waals surface area contributed by atoms with Gasteiger partial charge in [-0.3, -0.25) is 0 Å². The van der Waals surface area contributed by atoms with Crippen molar-refractivity contribution >= 4 is 16.1 Å². The number of para-hydroxylation sites is 1. The highest BCUT2D eigenvalue weighted by atomic mass is 32.2. The summed E-state index contributed by atoms with van der Waals surface area (Å²) in [7, 11) is -3.69. The molecule has 0 heterocycles. The lowest BCUT2D eigenvalue weighted by Crippen LogP contribution is -2.15. The molecule has 0 amide bonds. The fraction of sp³-hybridized carbons (Fsp3) is 0.133. The van der Waals surface area contributed by atoms with Crippen LogP contribution in [0.15, 0.2) is 47.4 Å². The van der Waals surface area contributed by atoms with Crippen molar-refractivity contribution in [2.75, 3.05) is 7.11 Å². The van der Waals surface area contributed by atoms with Crippen LogP contribution in [0, 0.1) is 5.82 Å². The van der Waals surface area contributed by atoms with E-state index in [2.05, 4.69) is 4.74 Å². The van der Waals surface area contributed by atoms with E-state index in [-0.39, 0.29) is 11.6 Å². The molecule has 0 aromatic heterocycles. The molecule has 5 nitrogen and oxygen atoms in total. The number of methoxy groups -OCH3 is 1. The topological polar surface area (TPSA) is 69.7 Å². The summed E-state index contributed by atoms with van der Waals surface area (Å²) < 4.78 is 85.0. The summed E-state index contributed by atoms with van der Waals surface area (Å²) in [6, 6.07) is 6.20. The maximum atomic E-state index is 13.3. The third-order valence-corrected chi connectivity index (χ3v) is 4.25. The van der Waals surface area contributed by atoms with Crippen molar-refractivity contribution in [1.82, 2.24) is 0 Å². The molecular weight excluding hydrogens is 368 g/mol. The summed E-state index contributed by atoms with van der Waals surface area (Å²) in [4.78, 5) is 10.7. The van der Waals surface area contributed by atoms with Gasteiger partial charge in [0.05, 0.1) is 12.7 Å². The molecule has 0 atom stereocenters. The van der Waals surface area contributed by atoms with E-state index >= 15 is 0 Å². The molecule has 0 aliphatic carbocycles. The smallest absolute Gasteiger partial charge is 0.419 e. The van der Waals surface area contributed by atoms with E-state index in [4.69, 9.17) is 4.18 Å². The van der Waals surface area contributed by atoms with E-state index in [1.807, 2.05) is 0 Å². The zero-order chi connectivity index (χ0) is 18.8. The standard InChI is InChI=1S/C15H10F4O5S/c1-23-14(20)10-4-2-3-5-13(10)24-25(21,22)9-6-7-12(16)11(8-9)15(17,18)19/h2-8H,1H3. The van der Waals surface area contributed by atoms with Gasteiger partial charge in [-0.15, -0.1) is 0 Å². The van der Waals surface area contributed by atoms with Gasteiger partial charge >= 0.3 is 22.3 Å². The molecule has 0 radical (unpaired) electrons. The average molecular weight is 378 g/mol. The van der Waals surface area contributed by atoms with Gasteiger partial charge in [0.25, 0.3) is 0 Å². The third-order valence-electron chi connectivity index (χ3n) is 3.02. The van der Waals surface area contributed by atoms with Crippen LogP contribution in [0.1, 0.15) is 15.9 Å². The monoisotopic (exact) mass is 378 g/mol. The van der Waals surface area contributed by atoms with Gasteiger partial charge in [0, 0.05) is 0 Å². The van der Waals surface area contributed by atoms with Crippen molar-refractivity contribution in [3.05, 3.63) is 59.4 Å². The Balaban J connectivity index is 2.47. The van der Waals surface area contributed by atoms with Gasteiger partial charge in [0.15, 0.2) is 5.75 Å². The van der Waals surface area contributed by atoms with Crippen LogP contribution in [0.2, 0.25) is 0 Å². The largest absolute Gasteiger partial charge is 0.465 e. The molecule has 0 saturated carbocycles. The van der Waals surface area contributed by atoms with Crippen molar-refractivity contribution in [1.29, 1.82) is 0 Å². The minimum Gasteiger partial charge on any atom is -0.465 e. The number of rotatable bonds is 4. The second-order valence-electron chi connectivity index (χ2n) is 4.66. The molecular formula is C15H10F4O5S. The van der Waals surface area contributed by atoms with Gasteiger partial charge in [-0.2, -0.15) is 21.6 Å². The number of ether oxygens (including phenoxy) is 1. The third kappa shape index (κ3) is 4.08. The normalized spacial score (nSPS) is 11.9.